The van der Waals surface area contributed by atoms with Gasteiger partial charge >= 0.3 is 0 Å². The van der Waals surface area contributed by atoms with Crippen LogP contribution in [0.1, 0.15) is 29.2 Å². The number of rotatable bonds is 4. The van der Waals surface area contributed by atoms with Gasteiger partial charge in [0.2, 0.25) is 5.12 Å². The second-order valence-corrected chi connectivity index (χ2v) is 6.04. The van der Waals surface area contributed by atoms with E-state index in [4.69, 9.17) is 4.74 Å². The summed E-state index contributed by atoms with van der Waals surface area (Å²) in [6.45, 7) is 3.91. The molecule has 0 aliphatic carbocycles. The molecule has 1 amide bonds. The molecule has 1 aromatic carbocycles. The van der Waals surface area contributed by atoms with Crippen molar-refractivity contribution < 1.29 is 14.3 Å². The fraction of sp³-hybridized carbons (Fsp3) is 0.467. The third kappa shape index (κ3) is 3.04. The molecule has 0 spiro atoms. The minimum atomic E-state index is -0.672. The SMILES string of the molecule is COC(C(=O)NC1CCSC1=O)c1c(C)cccc1C. The molecule has 1 N–H and O–H groups in total. The Balaban J connectivity index is 2.19. The van der Waals surface area contributed by atoms with E-state index in [1.807, 2.05) is 32.0 Å². The maximum atomic E-state index is 12.4. The number of hydrogen-bond acceptors (Lipinski definition) is 4. The first-order valence-electron chi connectivity index (χ1n) is 6.60. The number of benzene rings is 1. The van der Waals surface area contributed by atoms with Gasteiger partial charge in [-0.3, -0.25) is 9.59 Å². The fourth-order valence-electron chi connectivity index (χ4n) is 2.47. The topological polar surface area (TPSA) is 55.4 Å². The zero-order chi connectivity index (χ0) is 14.7. The van der Waals surface area contributed by atoms with Gasteiger partial charge in [0, 0.05) is 12.9 Å². The van der Waals surface area contributed by atoms with Gasteiger partial charge in [-0.2, -0.15) is 0 Å². The van der Waals surface area contributed by atoms with Crippen LogP contribution in [0.15, 0.2) is 18.2 Å². The van der Waals surface area contributed by atoms with Gasteiger partial charge in [0.1, 0.15) is 0 Å². The van der Waals surface area contributed by atoms with Crippen LogP contribution in [0, 0.1) is 13.8 Å². The van der Waals surface area contributed by atoms with E-state index in [0.717, 1.165) is 22.4 Å². The number of amides is 1. The molecule has 1 saturated heterocycles. The first kappa shape index (κ1) is 15.1. The van der Waals surface area contributed by atoms with Gasteiger partial charge in [-0.25, -0.2) is 0 Å². The van der Waals surface area contributed by atoms with Crippen LogP contribution in [0.5, 0.6) is 0 Å². The highest BCUT2D eigenvalue weighted by molar-refractivity contribution is 8.14. The van der Waals surface area contributed by atoms with Crippen molar-refractivity contribution in [3.63, 3.8) is 0 Å². The lowest BCUT2D eigenvalue weighted by molar-refractivity contribution is -0.133. The monoisotopic (exact) mass is 293 g/mol. The Morgan fingerprint density at radius 1 is 1.40 bits per heavy atom. The molecule has 20 heavy (non-hydrogen) atoms. The van der Waals surface area contributed by atoms with Gasteiger partial charge in [-0.1, -0.05) is 30.0 Å². The summed E-state index contributed by atoms with van der Waals surface area (Å²) in [4.78, 5) is 24.0. The number of hydrogen-bond donors (Lipinski definition) is 1. The van der Waals surface area contributed by atoms with Gasteiger partial charge in [-0.05, 0) is 37.0 Å². The number of nitrogens with one attached hydrogen (secondary N) is 1. The molecule has 1 aromatic rings. The van der Waals surface area contributed by atoms with Gasteiger partial charge in [0.25, 0.3) is 5.91 Å². The van der Waals surface area contributed by atoms with Gasteiger partial charge in [0.15, 0.2) is 6.10 Å². The molecule has 0 saturated carbocycles. The Morgan fingerprint density at radius 2 is 2.05 bits per heavy atom. The summed E-state index contributed by atoms with van der Waals surface area (Å²) in [7, 11) is 1.52. The van der Waals surface area contributed by atoms with Gasteiger partial charge in [-0.15, -0.1) is 0 Å². The third-order valence-corrected chi connectivity index (χ3v) is 4.54. The van der Waals surface area contributed by atoms with E-state index in [9.17, 15) is 9.59 Å². The van der Waals surface area contributed by atoms with E-state index in [2.05, 4.69) is 5.32 Å². The second kappa shape index (κ2) is 6.41. The van der Waals surface area contributed by atoms with Crippen molar-refractivity contribution in [1.29, 1.82) is 0 Å². The van der Waals surface area contributed by atoms with Crippen molar-refractivity contribution in [3.8, 4) is 0 Å². The zero-order valence-electron chi connectivity index (χ0n) is 11.9. The van der Waals surface area contributed by atoms with Crippen molar-refractivity contribution >= 4 is 22.8 Å². The van der Waals surface area contributed by atoms with Crippen molar-refractivity contribution in [2.24, 2.45) is 0 Å². The molecule has 5 heteroatoms. The number of thioether (sulfide) groups is 1. The molecule has 0 aromatic heterocycles. The number of methoxy groups -OCH3 is 1. The van der Waals surface area contributed by atoms with Crippen molar-refractivity contribution in [3.05, 3.63) is 34.9 Å². The van der Waals surface area contributed by atoms with Gasteiger partial charge < -0.3 is 10.1 Å². The second-order valence-electron chi connectivity index (χ2n) is 4.94. The molecule has 0 bridgehead atoms. The molecule has 1 heterocycles. The Kier molecular flexibility index (Phi) is 4.83. The van der Waals surface area contributed by atoms with Crippen LogP contribution in [0.25, 0.3) is 0 Å². The highest BCUT2D eigenvalue weighted by Gasteiger charge is 2.31. The van der Waals surface area contributed by atoms with Crippen LogP contribution in [0.3, 0.4) is 0 Å². The summed E-state index contributed by atoms with van der Waals surface area (Å²) >= 11 is 1.27. The summed E-state index contributed by atoms with van der Waals surface area (Å²) in [5, 5.41) is 2.84. The average molecular weight is 293 g/mol. The number of ether oxygens (including phenoxy) is 1. The standard InChI is InChI=1S/C15H19NO3S/c1-9-5-4-6-10(2)12(9)13(19-3)14(17)16-11-7-8-20-15(11)18/h4-6,11,13H,7-8H2,1-3H3,(H,16,17). The molecule has 2 unspecified atom stereocenters. The van der Waals surface area contributed by atoms with Crippen LogP contribution in [0.2, 0.25) is 0 Å². The van der Waals surface area contributed by atoms with Crippen LogP contribution in [0.4, 0.5) is 0 Å². The summed E-state index contributed by atoms with van der Waals surface area (Å²) in [5.74, 6) is 0.524. The smallest absolute Gasteiger partial charge is 0.254 e. The number of carbonyl (C=O) groups excluding carboxylic acids is 2. The maximum Gasteiger partial charge on any atom is 0.254 e. The molecule has 2 atom stereocenters. The molecule has 108 valence electrons. The molecule has 1 fully saturated rings. The van der Waals surface area contributed by atoms with E-state index in [-0.39, 0.29) is 17.1 Å². The van der Waals surface area contributed by atoms with Crippen molar-refractivity contribution in [2.75, 3.05) is 12.9 Å². The van der Waals surface area contributed by atoms with Crippen LogP contribution in [-0.2, 0) is 14.3 Å². The quantitative estimate of drug-likeness (QED) is 0.924. The first-order valence-corrected chi connectivity index (χ1v) is 7.59. The third-order valence-electron chi connectivity index (χ3n) is 3.53. The van der Waals surface area contributed by atoms with E-state index < -0.39 is 6.10 Å². The van der Waals surface area contributed by atoms with E-state index in [1.165, 1.54) is 18.9 Å². The number of carbonyl (C=O) groups is 2. The minimum Gasteiger partial charge on any atom is -0.367 e. The summed E-state index contributed by atoms with van der Waals surface area (Å²) < 4.78 is 5.38. The number of aryl methyl sites for hydroxylation is 2. The van der Waals surface area contributed by atoms with E-state index in [1.54, 1.807) is 0 Å². The molecule has 1 aliphatic heterocycles. The predicted octanol–water partition coefficient (Wildman–Crippen LogP) is 2.14. The zero-order valence-corrected chi connectivity index (χ0v) is 12.8. The van der Waals surface area contributed by atoms with Crippen LogP contribution < -0.4 is 5.32 Å². The Morgan fingerprint density at radius 3 is 2.55 bits per heavy atom. The first-order chi connectivity index (χ1) is 9.54. The fourth-order valence-corrected chi connectivity index (χ4v) is 3.40. The average Bonchev–Trinajstić information content (AvgIpc) is 2.79. The van der Waals surface area contributed by atoms with Crippen LogP contribution >= 0.6 is 11.8 Å². The lowest BCUT2D eigenvalue weighted by Gasteiger charge is -2.21. The molecule has 1 aliphatic rings. The summed E-state index contributed by atoms with van der Waals surface area (Å²) in [6.07, 6.45) is 0.0212. The van der Waals surface area contributed by atoms with Gasteiger partial charge in [0.05, 0.1) is 6.04 Å². The Labute approximate surface area is 123 Å². The van der Waals surface area contributed by atoms with E-state index in [0.29, 0.717) is 6.42 Å². The molecule has 4 nitrogen and oxygen atoms in total. The highest BCUT2D eigenvalue weighted by atomic mass is 32.2. The Hall–Kier alpha value is -1.33. The highest BCUT2D eigenvalue weighted by Crippen LogP contribution is 2.26. The van der Waals surface area contributed by atoms with Crippen molar-refractivity contribution in [1.82, 2.24) is 5.32 Å². The molecular formula is C15H19NO3S. The lowest BCUT2D eigenvalue weighted by Crippen LogP contribution is -2.40. The lowest BCUT2D eigenvalue weighted by atomic mass is 9.97. The predicted molar refractivity (Wildman–Crippen MR) is 79.7 cm³/mol. The van der Waals surface area contributed by atoms with Crippen molar-refractivity contribution in [2.45, 2.75) is 32.4 Å². The van der Waals surface area contributed by atoms with Crippen LogP contribution in [-0.4, -0.2) is 29.9 Å². The maximum absolute atomic E-state index is 12.4. The normalized spacial score (nSPS) is 19.9. The summed E-state index contributed by atoms with van der Waals surface area (Å²) in [5.41, 5.74) is 2.91. The molecule has 0 radical (unpaired) electrons. The minimum absolute atomic E-state index is 0.0368. The summed E-state index contributed by atoms with van der Waals surface area (Å²) in [6, 6.07) is 5.49. The largest absolute Gasteiger partial charge is 0.367 e. The Bertz CT molecular complexity index is 510. The molecular weight excluding hydrogens is 274 g/mol. The molecule has 2 rings (SSSR count). The van der Waals surface area contributed by atoms with E-state index >= 15 is 0 Å².